The van der Waals surface area contributed by atoms with Gasteiger partial charge in [0.25, 0.3) is 5.56 Å². The van der Waals surface area contributed by atoms with Crippen molar-refractivity contribution in [1.82, 2.24) is 14.5 Å². The van der Waals surface area contributed by atoms with E-state index in [9.17, 15) is 18.4 Å². The van der Waals surface area contributed by atoms with Gasteiger partial charge in [-0.25, -0.2) is 18.6 Å². The second-order valence-corrected chi connectivity index (χ2v) is 9.80. The number of carbonyl (C=O) groups excluding carboxylic acids is 1. The van der Waals surface area contributed by atoms with Crippen molar-refractivity contribution in [2.45, 2.75) is 45.3 Å². The van der Waals surface area contributed by atoms with Gasteiger partial charge >= 0.3 is 6.09 Å². The Morgan fingerprint density at radius 2 is 1.68 bits per heavy atom. The molecular weight excluding hydrogens is 486 g/mol. The smallest absolute Gasteiger partial charge is 0.410 e. The van der Waals surface area contributed by atoms with Crippen LogP contribution in [0.2, 0.25) is 0 Å². The molecule has 1 saturated heterocycles. The Labute approximate surface area is 212 Å². The second-order valence-electron chi connectivity index (χ2n) is 9.80. The summed E-state index contributed by atoms with van der Waals surface area (Å²) in [5.41, 5.74) is -0.595. The summed E-state index contributed by atoms with van der Waals surface area (Å²) >= 11 is 0. The van der Waals surface area contributed by atoms with Gasteiger partial charge in [-0.2, -0.15) is 0 Å². The van der Waals surface area contributed by atoms with Gasteiger partial charge < -0.3 is 24.4 Å². The molecular formula is C26H30F2N4O5. The van der Waals surface area contributed by atoms with E-state index in [0.717, 1.165) is 6.07 Å². The van der Waals surface area contributed by atoms with Crippen LogP contribution in [0, 0.1) is 11.6 Å². The first kappa shape index (κ1) is 26.2. The van der Waals surface area contributed by atoms with Gasteiger partial charge in [0.05, 0.1) is 31.4 Å². The third kappa shape index (κ3) is 5.45. The molecule has 0 aliphatic carbocycles. The monoisotopic (exact) mass is 516 g/mol. The molecule has 0 bridgehead atoms. The topological polar surface area (TPSA) is 94.9 Å². The average molecular weight is 517 g/mol. The van der Waals surface area contributed by atoms with Crippen LogP contribution < -0.4 is 20.3 Å². The van der Waals surface area contributed by atoms with E-state index >= 15 is 0 Å². The van der Waals surface area contributed by atoms with E-state index in [2.05, 4.69) is 10.3 Å². The number of likely N-dealkylation sites (tertiary alicyclic amines) is 1. The van der Waals surface area contributed by atoms with Crippen molar-refractivity contribution in [3.05, 3.63) is 52.6 Å². The Morgan fingerprint density at radius 1 is 1.05 bits per heavy atom. The fourth-order valence-electron chi connectivity index (χ4n) is 4.27. The fraction of sp³-hybridized carbons (Fsp3) is 0.423. The number of halogens is 2. The number of anilines is 2. The molecule has 0 radical (unpaired) electrons. The number of nitrogens with zero attached hydrogens (tertiary/aromatic N) is 3. The fourth-order valence-corrected chi connectivity index (χ4v) is 4.27. The van der Waals surface area contributed by atoms with Gasteiger partial charge in [0.2, 0.25) is 0 Å². The van der Waals surface area contributed by atoms with Crippen LogP contribution in [0.5, 0.6) is 11.5 Å². The zero-order chi connectivity index (χ0) is 26.9. The molecule has 2 heterocycles. The van der Waals surface area contributed by atoms with Crippen LogP contribution in [0.1, 0.15) is 39.7 Å². The van der Waals surface area contributed by atoms with Crippen LogP contribution in [0.4, 0.5) is 25.0 Å². The van der Waals surface area contributed by atoms with Crippen molar-refractivity contribution in [2.75, 3.05) is 32.6 Å². The van der Waals surface area contributed by atoms with Crippen LogP contribution >= 0.6 is 0 Å². The Kier molecular flexibility index (Phi) is 7.24. The normalized spacial score (nSPS) is 14.5. The third-order valence-corrected chi connectivity index (χ3v) is 6.14. The van der Waals surface area contributed by atoms with Gasteiger partial charge in [-0.05, 0) is 51.8 Å². The molecule has 1 aromatic heterocycles. The highest BCUT2D eigenvalue weighted by Crippen LogP contribution is 2.36. The number of hydrogen-bond donors (Lipinski definition) is 1. The van der Waals surface area contributed by atoms with Crippen LogP contribution in [0.25, 0.3) is 10.9 Å². The van der Waals surface area contributed by atoms with E-state index in [0.29, 0.717) is 31.4 Å². The Morgan fingerprint density at radius 3 is 2.24 bits per heavy atom. The minimum atomic E-state index is -0.929. The molecule has 3 aromatic rings. The van der Waals surface area contributed by atoms with Gasteiger partial charge in [0.1, 0.15) is 11.3 Å². The maximum absolute atomic E-state index is 14.8. The zero-order valence-corrected chi connectivity index (χ0v) is 21.4. The van der Waals surface area contributed by atoms with Crippen molar-refractivity contribution >= 4 is 28.4 Å². The first-order valence-electron chi connectivity index (χ1n) is 11.9. The zero-order valence-electron chi connectivity index (χ0n) is 21.4. The summed E-state index contributed by atoms with van der Waals surface area (Å²) in [5.74, 6) is -2.24. The number of aromatic nitrogens is 2. The minimum Gasteiger partial charge on any atom is -0.493 e. The average Bonchev–Trinajstić information content (AvgIpc) is 2.86. The quantitative estimate of drug-likeness (QED) is 0.510. The Balaban J connectivity index is 1.59. The molecule has 2 aromatic carbocycles. The summed E-state index contributed by atoms with van der Waals surface area (Å²) in [7, 11) is 2.53. The van der Waals surface area contributed by atoms with E-state index in [-0.39, 0.29) is 40.3 Å². The molecule has 0 saturated carbocycles. The lowest BCUT2D eigenvalue weighted by molar-refractivity contribution is 0.0187. The van der Waals surface area contributed by atoms with Gasteiger partial charge in [0.15, 0.2) is 23.1 Å². The molecule has 9 nitrogen and oxygen atoms in total. The molecule has 1 aliphatic rings. The summed E-state index contributed by atoms with van der Waals surface area (Å²) in [6, 6.07) is 5.64. The molecule has 0 unspecified atom stereocenters. The molecule has 37 heavy (non-hydrogen) atoms. The van der Waals surface area contributed by atoms with Crippen LogP contribution in [-0.2, 0) is 4.74 Å². The van der Waals surface area contributed by atoms with Crippen molar-refractivity contribution in [3.8, 4) is 11.5 Å². The standard InChI is InChI=1S/C26H30F2N4O5/c1-26(2,3)37-25(34)31-10-8-16(9-11-31)32-14-29-18-7-6-15(12-17(18)24(32)33)30-23-21(27)19(35-4)13-20(36-5)22(23)28/h6-7,12-14,16,30H,8-11H2,1-5H3. The number of piperidine rings is 1. The third-order valence-electron chi connectivity index (χ3n) is 6.14. The molecule has 1 fully saturated rings. The predicted octanol–water partition coefficient (Wildman–Crippen LogP) is 5.01. The van der Waals surface area contributed by atoms with Gasteiger partial charge in [0, 0.05) is 30.9 Å². The number of carbonyl (C=O) groups is 1. The van der Waals surface area contributed by atoms with Crippen LogP contribution in [0.3, 0.4) is 0 Å². The maximum Gasteiger partial charge on any atom is 0.410 e. The van der Waals surface area contributed by atoms with Gasteiger partial charge in [-0.15, -0.1) is 0 Å². The number of benzene rings is 2. The predicted molar refractivity (Wildman–Crippen MR) is 135 cm³/mol. The number of methoxy groups -OCH3 is 2. The lowest BCUT2D eigenvalue weighted by Crippen LogP contribution is -2.43. The van der Waals surface area contributed by atoms with Crippen molar-refractivity contribution in [2.24, 2.45) is 0 Å². The lowest BCUT2D eigenvalue weighted by Gasteiger charge is -2.34. The molecule has 198 valence electrons. The number of hydrogen-bond acceptors (Lipinski definition) is 7. The first-order valence-corrected chi connectivity index (χ1v) is 11.9. The number of fused-ring (bicyclic) bond motifs is 1. The highest BCUT2D eigenvalue weighted by Gasteiger charge is 2.28. The molecule has 1 aliphatic heterocycles. The SMILES string of the molecule is COc1cc(OC)c(F)c(Nc2ccc3ncn(C4CCN(C(=O)OC(C)(C)C)CC4)c(=O)c3c2)c1F. The number of nitrogens with one attached hydrogen (secondary N) is 1. The molecule has 0 atom stereocenters. The van der Waals surface area contributed by atoms with E-state index in [4.69, 9.17) is 14.2 Å². The number of amides is 1. The van der Waals surface area contributed by atoms with E-state index in [1.165, 1.54) is 26.6 Å². The molecule has 1 N–H and O–H groups in total. The summed E-state index contributed by atoms with van der Waals surface area (Å²) < 4.78 is 46.6. The van der Waals surface area contributed by atoms with E-state index in [1.807, 2.05) is 20.8 Å². The number of ether oxygens (including phenoxy) is 3. The summed E-state index contributed by atoms with van der Waals surface area (Å²) in [5, 5.41) is 2.99. The van der Waals surface area contributed by atoms with Crippen LogP contribution in [0.15, 0.2) is 35.4 Å². The van der Waals surface area contributed by atoms with Crippen LogP contribution in [-0.4, -0.2) is 53.5 Å². The van der Waals surface area contributed by atoms with Gasteiger partial charge in [-0.3, -0.25) is 9.36 Å². The molecule has 1 amide bonds. The van der Waals surface area contributed by atoms with E-state index in [1.54, 1.807) is 21.6 Å². The Bertz CT molecular complexity index is 1350. The molecule has 0 spiro atoms. The summed E-state index contributed by atoms with van der Waals surface area (Å²) in [6.07, 6.45) is 2.24. The lowest BCUT2D eigenvalue weighted by atomic mass is 10.0. The molecule has 11 heteroatoms. The van der Waals surface area contributed by atoms with Crippen molar-refractivity contribution in [3.63, 3.8) is 0 Å². The highest BCUT2D eigenvalue weighted by molar-refractivity contribution is 5.83. The Hall–Kier alpha value is -3.89. The first-order chi connectivity index (χ1) is 17.5. The summed E-state index contributed by atoms with van der Waals surface area (Å²) in [4.78, 5) is 31.8. The van der Waals surface area contributed by atoms with Crippen molar-refractivity contribution < 1.29 is 27.8 Å². The number of rotatable bonds is 5. The van der Waals surface area contributed by atoms with Crippen molar-refractivity contribution in [1.29, 1.82) is 0 Å². The largest absolute Gasteiger partial charge is 0.493 e. The minimum absolute atomic E-state index is 0.155. The summed E-state index contributed by atoms with van der Waals surface area (Å²) in [6.45, 7) is 6.33. The highest BCUT2D eigenvalue weighted by atomic mass is 19.1. The second kappa shape index (κ2) is 10.2. The molecule has 4 rings (SSSR count). The van der Waals surface area contributed by atoms with E-state index < -0.39 is 22.9 Å². The maximum atomic E-state index is 14.8. The van der Waals surface area contributed by atoms with Gasteiger partial charge in [-0.1, -0.05) is 0 Å².